The standard InChI is InChI=1S/C17H16O5/c1-21-12-5-8-15(19)13(10-12)14(18)6-3-11-4-7-16(20)17(9-11)22-2/h3-10,19-20H,1-2H3. The van der Waals surface area contributed by atoms with E-state index in [1.54, 1.807) is 24.3 Å². The van der Waals surface area contributed by atoms with E-state index in [1.165, 1.54) is 38.5 Å². The second-order valence-corrected chi connectivity index (χ2v) is 4.51. The Hall–Kier alpha value is -2.95. The Kier molecular flexibility index (Phi) is 4.68. The van der Waals surface area contributed by atoms with Crippen molar-refractivity contribution in [2.75, 3.05) is 14.2 Å². The van der Waals surface area contributed by atoms with Crippen molar-refractivity contribution in [3.8, 4) is 23.0 Å². The van der Waals surface area contributed by atoms with Gasteiger partial charge in [0.05, 0.1) is 19.8 Å². The first kappa shape index (κ1) is 15.4. The Balaban J connectivity index is 2.25. The van der Waals surface area contributed by atoms with E-state index in [0.717, 1.165) is 0 Å². The van der Waals surface area contributed by atoms with Crippen LogP contribution < -0.4 is 9.47 Å². The smallest absolute Gasteiger partial charge is 0.189 e. The van der Waals surface area contributed by atoms with Gasteiger partial charge in [-0.2, -0.15) is 0 Å². The molecule has 0 heterocycles. The van der Waals surface area contributed by atoms with E-state index in [4.69, 9.17) is 9.47 Å². The lowest BCUT2D eigenvalue weighted by Crippen LogP contribution is -1.96. The third-order valence-electron chi connectivity index (χ3n) is 3.10. The number of aromatic hydroxyl groups is 2. The molecule has 0 unspecified atom stereocenters. The molecule has 22 heavy (non-hydrogen) atoms. The summed E-state index contributed by atoms with van der Waals surface area (Å²) in [6.45, 7) is 0. The molecule has 0 amide bonds. The van der Waals surface area contributed by atoms with Crippen LogP contribution in [0.2, 0.25) is 0 Å². The van der Waals surface area contributed by atoms with Gasteiger partial charge in [0.15, 0.2) is 17.3 Å². The number of hydrogen-bond acceptors (Lipinski definition) is 5. The van der Waals surface area contributed by atoms with Crippen LogP contribution in [0.15, 0.2) is 42.5 Å². The molecule has 0 radical (unpaired) electrons. The molecule has 0 saturated heterocycles. The fraction of sp³-hybridized carbons (Fsp3) is 0.118. The molecule has 2 aromatic carbocycles. The molecular weight excluding hydrogens is 284 g/mol. The molecule has 0 aliphatic heterocycles. The van der Waals surface area contributed by atoms with E-state index >= 15 is 0 Å². The van der Waals surface area contributed by atoms with Gasteiger partial charge in [-0.1, -0.05) is 12.1 Å². The molecule has 0 saturated carbocycles. The van der Waals surface area contributed by atoms with Crippen molar-refractivity contribution < 1.29 is 24.5 Å². The van der Waals surface area contributed by atoms with E-state index < -0.39 is 0 Å². The van der Waals surface area contributed by atoms with Crippen molar-refractivity contribution in [2.24, 2.45) is 0 Å². The lowest BCUT2D eigenvalue weighted by atomic mass is 10.1. The summed E-state index contributed by atoms with van der Waals surface area (Å²) in [7, 11) is 2.93. The van der Waals surface area contributed by atoms with Crippen LogP contribution in [0.3, 0.4) is 0 Å². The van der Waals surface area contributed by atoms with Crippen LogP contribution in [0.5, 0.6) is 23.0 Å². The molecule has 0 aliphatic carbocycles. The van der Waals surface area contributed by atoms with Crippen LogP contribution in [0.4, 0.5) is 0 Å². The Morgan fingerprint density at radius 2 is 1.73 bits per heavy atom. The number of phenolic OH excluding ortho intramolecular Hbond substituents is 2. The maximum Gasteiger partial charge on any atom is 0.189 e. The van der Waals surface area contributed by atoms with Gasteiger partial charge < -0.3 is 19.7 Å². The van der Waals surface area contributed by atoms with Gasteiger partial charge >= 0.3 is 0 Å². The number of hydrogen-bond donors (Lipinski definition) is 2. The number of ketones is 1. The van der Waals surface area contributed by atoms with Crippen molar-refractivity contribution in [3.05, 3.63) is 53.6 Å². The van der Waals surface area contributed by atoms with E-state index in [9.17, 15) is 15.0 Å². The van der Waals surface area contributed by atoms with Crippen LogP contribution >= 0.6 is 0 Å². The first-order valence-corrected chi connectivity index (χ1v) is 6.51. The third kappa shape index (κ3) is 3.38. The summed E-state index contributed by atoms with van der Waals surface area (Å²) in [6.07, 6.45) is 2.91. The SMILES string of the molecule is COc1ccc(O)c(C(=O)C=Cc2ccc(O)c(OC)c2)c1. The molecule has 2 N–H and O–H groups in total. The first-order chi connectivity index (χ1) is 10.5. The number of carbonyl (C=O) groups excluding carboxylic acids is 1. The van der Waals surface area contributed by atoms with Crippen LogP contribution in [-0.4, -0.2) is 30.2 Å². The van der Waals surface area contributed by atoms with Crippen LogP contribution in [0.1, 0.15) is 15.9 Å². The van der Waals surface area contributed by atoms with Gasteiger partial charge in [-0.05, 0) is 42.0 Å². The molecular formula is C17H16O5. The number of carbonyl (C=O) groups is 1. The number of ether oxygens (including phenoxy) is 2. The molecule has 5 nitrogen and oxygen atoms in total. The number of rotatable bonds is 5. The van der Waals surface area contributed by atoms with Crippen molar-refractivity contribution >= 4 is 11.9 Å². The topological polar surface area (TPSA) is 76.0 Å². The highest BCUT2D eigenvalue weighted by Gasteiger charge is 2.10. The minimum absolute atomic E-state index is 0.0245. The molecule has 0 aromatic heterocycles. The van der Waals surface area contributed by atoms with E-state index in [0.29, 0.717) is 17.1 Å². The largest absolute Gasteiger partial charge is 0.507 e. The van der Waals surface area contributed by atoms with Crippen LogP contribution in [-0.2, 0) is 0 Å². The molecule has 114 valence electrons. The zero-order chi connectivity index (χ0) is 16.1. The van der Waals surface area contributed by atoms with Gasteiger partial charge in [0.1, 0.15) is 11.5 Å². The summed E-state index contributed by atoms with van der Waals surface area (Å²) in [5.41, 5.74) is 0.840. The highest BCUT2D eigenvalue weighted by molar-refractivity contribution is 6.08. The van der Waals surface area contributed by atoms with Crippen LogP contribution in [0, 0.1) is 0 Å². The molecule has 0 atom stereocenters. The van der Waals surface area contributed by atoms with Gasteiger partial charge in [0.25, 0.3) is 0 Å². The van der Waals surface area contributed by atoms with E-state index in [1.807, 2.05) is 0 Å². The second-order valence-electron chi connectivity index (χ2n) is 4.51. The Morgan fingerprint density at radius 3 is 2.41 bits per heavy atom. The van der Waals surface area contributed by atoms with Crippen molar-refractivity contribution in [1.82, 2.24) is 0 Å². The first-order valence-electron chi connectivity index (χ1n) is 6.51. The number of allylic oxidation sites excluding steroid dienone is 1. The predicted molar refractivity (Wildman–Crippen MR) is 82.7 cm³/mol. The molecule has 0 bridgehead atoms. The Morgan fingerprint density at radius 1 is 1.00 bits per heavy atom. The van der Waals surface area contributed by atoms with Gasteiger partial charge in [-0.25, -0.2) is 0 Å². The summed E-state index contributed by atoms with van der Waals surface area (Å²) >= 11 is 0. The molecule has 5 heteroatoms. The molecule has 2 aromatic rings. The predicted octanol–water partition coefficient (Wildman–Crippen LogP) is 3.01. The van der Waals surface area contributed by atoms with Crippen molar-refractivity contribution in [1.29, 1.82) is 0 Å². The Bertz CT molecular complexity index is 719. The average Bonchev–Trinajstić information content (AvgIpc) is 2.54. The van der Waals surface area contributed by atoms with Crippen molar-refractivity contribution in [3.63, 3.8) is 0 Å². The molecule has 0 fully saturated rings. The monoisotopic (exact) mass is 300 g/mol. The number of phenols is 2. The fourth-order valence-electron chi connectivity index (χ4n) is 1.90. The second kappa shape index (κ2) is 6.67. The number of benzene rings is 2. The van der Waals surface area contributed by atoms with E-state index in [-0.39, 0.29) is 22.8 Å². The summed E-state index contributed by atoms with van der Waals surface area (Å²) in [5, 5.41) is 19.3. The third-order valence-corrected chi connectivity index (χ3v) is 3.10. The lowest BCUT2D eigenvalue weighted by molar-refractivity contribution is 0.104. The maximum atomic E-state index is 12.1. The van der Waals surface area contributed by atoms with Gasteiger partial charge in [0, 0.05) is 0 Å². The number of methoxy groups -OCH3 is 2. The van der Waals surface area contributed by atoms with Gasteiger partial charge in [0.2, 0.25) is 0 Å². The molecule has 2 rings (SSSR count). The van der Waals surface area contributed by atoms with Gasteiger partial charge in [-0.15, -0.1) is 0 Å². The summed E-state index contributed by atoms with van der Waals surface area (Å²) < 4.78 is 10.0. The lowest BCUT2D eigenvalue weighted by Gasteiger charge is -2.05. The highest BCUT2D eigenvalue weighted by Crippen LogP contribution is 2.27. The fourth-order valence-corrected chi connectivity index (χ4v) is 1.90. The van der Waals surface area contributed by atoms with Crippen molar-refractivity contribution in [2.45, 2.75) is 0 Å². The minimum atomic E-state index is -0.358. The van der Waals surface area contributed by atoms with Crippen LogP contribution in [0.25, 0.3) is 6.08 Å². The van der Waals surface area contributed by atoms with Gasteiger partial charge in [-0.3, -0.25) is 4.79 Å². The summed E-state index contributed by atoms with van der Waals surface area (Å²) in [4.78, 5) is 12.1. The average molecular weight is 300 g/mol. The van der Waals surface area contributed by atoms with E-state index in [2.05, 4.69) is 0 Å². The quantitative estimate of drug-likeness (QED) is 0.655. The zero-order valence-electron chi connectivity index (χ0n) is 12.2. The minimum Gasteiger partial charge on any atom is -0.507 e. The zero-order valence-corrected chi connectivity index (χ0v) is 12.2. The summed E-state index contributed by atoms with van der Waals surface area (Å²) in [5.74, 6) is 0.360. The highest BCUT2D eigenvalue weighted by atomic mass is 16.5. The Labute approximate surface area is 128 Å². The molecule has 0 spiro atoms. The summed E-state index contributed by atoms with van der Waals surface area (Å²) in [6, 6.07) is 9.17. The maximum absolute atomic E-state index is 12.1. The normalized spacial score (nSPS) is 10.6. The molecule has 0 aliphatic rings.